The Labute approximate surface area is 149 Å². The van der Waals surface area contributed by atoms with Crippen LogP contribution in [0.3, 0.4) is 0 Å². The van der Waals surface area contributed by atoms with Gasteiger partial charge in [0.25, 0.3) is 0 Å². The standard InChI is InChI=1S/C19H16N4O3/c1-3-26-19(24)15-11-13-5-4-10-20-16(13)23-17(21-22-18(15)23)12-6-8-14(25-2)9-7-12/h4-11H,3H2,1-2H3. The maximum atomic E-state index is 12.4. The molecule has 0 aliphatic rings. The Morgan fingerprint density at radius 1 is 1.12 bits per heavy atom. The molecule has 0 aliphatic carbocycles. The van der Waals surface area contributed by atoms with Gasteiger partial charge in [0, 0.05) is 17.1 Å². The van der Waals surface area contributed by atoms with E-state index in [-0.39, 0.29) is 6.61 Å². The van der Waals surface area contributed by atoms with Gasteiger partial charge in [-0.05, 0) is 49.4 Å². The van der Waals surface area contributed by atoms with E-state index in [1.54, 1.807) is 30.7 Å². The lowest BCUT2D eigenvalue weighted by molar-refractivity contribution is 0.0528. The van der Waals surface area contributed by atoms with Gasteiger partial charge in [0.1, 0.15) is 17.0 Å². The van der Waals surface area contributed by atoms with Gasteiger partial charge in [-0.2, -0.15) is 0 Å². The molecule has 4 rings (SSSR count). The van der Waals surface area contributed by atoms with Gasteiger partial charge in [-0.3, -0.25) is 4.40 Å². The average molecular weight is 348 g/mol. The number of hydrogen-bond acceptors (Lipinski definition) is 6. The van der Waals surface area contributed by atoms with Gasteiger partial charge in [0.15, 0.2) is 11.5 Å². The van der Waals surface area contributed by atoms with E-state index in [1.165, 1.54) is 0 Å². The van der Waals surface area contributed by atoms with Crippen molar-refractivity contribution in [3.8, 4) is 17.1 Å². The van der Waals surface area contributed by atoms with E-state index in [1.807, 2.05) is 36.4 Å². The topological polar surface area (TPSA) is 78.6 Å². The summed E-state index contributed by atoms with van der Waals surface area (Å²) in [6.07, 6.45) is 1.70. The van der Waals surface area contributed by atoms with Crippen molar-refractivity contribution in [1.29, 1.82) is 0 Å². The zero-order valence-corrected chi connectivity index (χ0v) is 14.3. The molecule has 1 aromatic carbocycles. The van der Waals surface area contributed by atoms with Gasteiger partial charge in [0.05, 0.1) is 13.7 Å². The molecule has 4 aromatic rings. The predicted octanol–water partition coefficient (Wildman–Crippen LogP) is 3.13. The fourth-order valence-electron chi connectivity index (χ4n) is 2.87. The SMILES string of the molecule is CCOC(=O)c1cc2cccnc2n2c(-c3ccc(OC)cc3)nnc12. The van der Waals surface area contributed by atoms with Crippen LogP contribution in [-0.2, 0) is 4.74 Å². The number of fused-ring (bicyclic) bond motifs is 3. The summed E-state index contributed by atoms with van der Waals surface area (Å²) in [4.78, 5) is 16.8. The molecule has 3 heterocycles. The van der Waals surface area contributed by atoms with Gasteiger partial charge in [-0.25, -0.2) is 9.78 Å². The summed E-state index contributed by atoms with van der Waals surface area (Å²) < 4.78 is 12.2. The number of pyridine rings is 2. The van der Waals surface area contributed by atoms with Gasteiger partial charge in [0.2, 0.25) is 0 Å². The Morgan fingerprint density at radius 2 is 1.92 bits per heavy atom. The van der Waals surface area contributed by atoms with Gasteiger partial charge in [-0.15, -0.1) is 10.2 Å². The summed E-state index contributed by atoms with van der Waals surface area (Å²) in [5, 5.41) is 9.33. The van der Waals surface area contributed by atoms with Crippen molar-refractivity contribution in [2.75, 3.05) is 13.7 Å². The highest BCUT2D eigenvalue weighted by atomic mass is 16.5. The largest absolute Gasteiger partial charge is 0.497 e. The molecule has 130 valence electrons. The molecule has 0 N–H and O–H groups in total. The number of rotatable bonds is 4. The third-order valence-corrected chi connectivity index (χ3v) is 4.08. The predicted molar refractivity (Wildman–Crippen MR) is 96.2 cm³/mol. The molecule has 26 heavy (non-hydrogen) atoms. The highest BCUT2D eigenvalue weighted by Gasteiger charge is 2.20. The molecule has 0 unspecified atom stereocenters. The Bertz CT molecular complexity index is 1100. The first-order valence-corrected chi connectivity index (χ1v) is 8.17. The molecule has 0 atom stereocenters. The summed E-state index contributed by atoms with van der Waals surface area (Å²) in [6.45, 7) is 2.06. The van der Waals surface area contributed by atoms with Crippen molar-refractivity contribution in [2.24, 2.45) is 0 Å². The maximum absolute atomic E-state index is 12.4. The lowest BCUT2D eigenvalue weighted by Gasteiger charge is -2.08. The summed E-state index contributed by atoms with van der Waals surface area (Å²) in [5.74, 6) is 0.909. The number of ether oxygens (including phenoxy) is 2. The monoisotopic (exact) mass is 348 g/mol. The zero-order valence-electron chi connectivity index (χ0n) is 14.3. The van der Waals surface area contributed by atoms with Crippen LogP contribution in [0, 0.1) is 0 Å². The van der Waals surface area contributed by atoms with Gasteiger partial charge >= 0.3 is 5.97 Å². The first-order chi connectivity index (χ1) is 12.7. The molecule has 3 aromatic heterocycles. The van der Waals surface area contributed by atoms with Gasteiger partial charge in [-0.1, -0.05) is 0 Å². The molecule has 0 amide bonds. The highest BCUT2D eigenvalue weighted by Crippen LogP contribution is 2.27. The maximum Gasteiger partial charge on any atom is 0.342 e. The quantitative estimate of drug-likeness (QED) is 0.527. The molecule has 0 spiro atoms. The summed E-state index contributed by atoms with van der Waals surface area (Å²) in [7, 11) is 1.62. The lowest BCUT2D eigenvalue weighted by atomic mass is 10.1. The molecule has 7 nitrogen and oxygen atoms in total. The van der Waals surface area contributed by atoms with E-state index >= 15 is 0 Å². The van der Waals surface area contributed by atoms with Gasteiger partial charge < -0.3 is 9.47 Å². The zero-order chi connectivity index (χ0) is 18.1. The summed E-state index contributed by atoms with van der Waals surface area (Å²) in [6, 6.07) is 12.9. The third-order valence-electron chi connectivity index (χ3n) is 4.08. The fourth-order valence-corrected chi connectivity index (χ4v) is 2.87. The number of aromatic nitrogens is 4. The second-order valence-electron chi connectivity index (χ2n) is 5.61. The van der Waals surface area contributed by atoms with Crippen molar-refractivity contribution >= 4 is 22.6 Å². The normalized spacial score (nSPS) is 11.0. The molecular formula is C19H16N4O3. The minimum Gasteiger partial charge on any atom is -0.497 e. The third kappa shape index (κ3) is 2.54. The van der Waals surface area contributed by atoms with E-state index in [2.05, 4.69) is 15.2 Å². The van der Waals surface area contributed by atoms with E-state index < -0.39 is 5.97 Å². The molecule has 0 aliphatic heterocycles. The number of nitrogens with zero attached hydrogens (tertiary/aromatic N) is 4. The number of esters is 1. The summed E-state index contributed by atoms with van der Waals surface area (Å²) in [5.41, 5.74) is 2.29. The lowest BCUT2D eigenvalue weighted by Crippen LogP contribution is -2.08. The van der Waals surface area contributed by atoms with Crippen LogP contribution >= 0.6 is 0 Å². The van der Waals surface area contributed by atoms with E-state index in [0.29, 0.717) is 22.7 Å². The second-order valence-corrected chi connectivity index (χ2v) is 5.61. The van der Waals surface area contributed by atoms with Crippen LogP contribution in [0.1, 0.15) is 17.3 Å². The number of hydrogen-bond donors (Lipinski definition) is 0. The Hall–Kier alpha value is -3.48. The minimum atomic E-state index is -0.433. The first kappa shape index (κ1) is 16.0. The Morgan fingerprint density at radius 3 is 2.65 bits per heavy atom. The number of methoxy groups -OCH3 is 1. The van der Waals surface area contributed by atoms with Crippen LogP contribution < -0.4 is 4.74 Å². The molecule has 0 radical (unpaired) electrons. The molecule has 0 saturated heterocycles. The van der Waals surface area contributed by atoms with Crippen LogP contribution in [-0.4, -0.2) is 39.3 Å². The number of carbonyl (C=O) groups is 1. The van der Waals surface area contributed by atoms with Crippen molar-refractivity contribution in [2.45, 2.75) is 6.92 Å². The van der Waals surface area contributed by atoms with E-state index in [4.69, 9.17) is 9.47 Å². The Balaban J connectivity index is 2.01. The first-order valence-electron chi connectivity index (χ1n) is 8.17. The van der Waals surface area contributed by atoms with Crippen LogP contribution in [0.2, 0.25) is 0 Å². The average Bonchev–Trinajstić information content (AvgIpc) is 3.13. The van der Waals surface area contributed by atoms with Crippen LogP contribution in [0.15, 0.2) is 48.7 Å². The molecule has 0 fully saturated rings. The second kappa shape index (κ2) is 6.44. The van der Waals surface area contributed by atoms with Crippen LogP contribution in [0.25, 0.3) is 28.1 Å². The van der Waals surface area contributed by atoms with Crippen molar-refractivity contribution in [3.63, 3.8) is 0 Å². The molecule has 0 saturated carbocycles. The molecular weight excluding hydrogens is 332 g/mol. The van der Waals surface area contributed by atoms with Crippen LogP contribution in [0.4, 0.5) is 0 Å². The fraction of sp³-hybridized carbons (Fsp3) is 0.158. The van der Waals surface area contributed by atoms with E-state index in [0.717, 1.165) is 16.7 Å². The number of carbonyl (C=O) groups excluding carboxylic acids is 1. The Kier molecular flexibility index (Phi) is 3.96. The minimum absolute atomic E-state index is 0.287. The van der Waals surface area contributed by atoms with Crippen molar-refractivity contribution in [1.82, 2.24) is 19.6 Å². The molecule has 0 bridgehead atoms. The highest BCUT2D eigenvalue weighted by molar-refractivity contribution is 6.00. The van der Waals surface area contributed by atoms with Crippen LogP contribution in [0.5, 0.6) is 5.75 Å². The smallest absolute Gasteiger partial charge is 0.342 e. The number of benzene rings is 1. The summed E-state index contributed by atoms with van der Waals surface area (Å²) >= 11 is 0. The van der Waals surface area contributed by atoms with E-state index in [9.17, 15) is 4.79 Å². The van der Waals surface area contributed by atoms with Crippen molar-refractivity contribution in [3.05, 3.63) is 54.2 Å². The van der Waals surface area contributed by atoms with Crippen molar-refractivity contribution < 1.29 is 14.3 Å². The molecule has 7 heteroatoms.